The van der Waals surface area contributed by atoms with Crippen LogP contribution >= 0.6 is 27.3 Å². The number of hydrogen-bond acceptors (Lipinski definition) is 2. The standard InChI is InChI=1S/C10H10BrNS/c1-6-10(12)9-7(5-11)3-2-4-8(9)13-6/h2-4H,5,12H2,1H3. The Bertz CT molecular complexity index is 447. The Morgan fingerprint density at radius 1 is 1.46 bits per heavy atom. The monoisotopic (exact) mass is 255 g/mol. The summed E-state index contributed by atoms with van der Waals surface area (Å²) in [5.41, 5.74) is 8.22. The lowest BCUT2D eigenvalue weighted by molar-refractivity contribution is 1.50. The lowest BCUT2D eigenvalue weighted by Crippen LogP contribution is -1.87. The molecule has 0 amide bonds. The number of alkyl halides is 1. The van der Waals surface area contributed by atoms with Crippen molar-refractivity contribution in [3.63, 3.8) is 0 Å². The zero-order valence-electron chi connectivity index (χ0n) is 7.30. The van der Waals surface area contributed by atoms with Gasteiger partial charge in [-0.05, 0) is 18.6 Å². The van der Waals surface area contributed by atoms with E-state index in [0.29, 0.717) is 0 Å². The molecule has 0 bridgehead atoms. The van der Waals surface area contributed by atoms with Gasteiger partial charge in [0.15, 0.2) is 0 Å². The molecule has 2 N–H and O–H groups in total. The number of benzene rings is 1. The summed E-state index contributed by atoms with van der Waals surface area (Å²) < 4.78 is 1.28. The van der Waals surface area contributed by atoms with Crippen LogP contribution in [0.1, 0.15) is 10.4 Å². The molecule has 0 saturated carbocycles. The maximum Gasteiger partial charge on any atom is 0.0535 e. The van der Waals surface area contributed by atoms with Crippen LogP contribution in [0.25, 0.3) is 10.1 Å². The summed E-state index contributed by atoms with van der Waals surface area (Å²) in [5, 5.41) is 2.09. The smallest absolute Gasteiger partial charge is 0.0535 e. The van der Waals surface area contributed by atoms with Crippen molar-refractivity contribution in [3.05, 3.63) is 28.6 Å². The van der Waals surface area contributed by atoms with Crippen molar-refractivity contribution in [1.82, 2.24) is 0 Å². The highest BCUT2D eigenvalue weighted by atomic mass is 79.9. The Kier molecular flexibility index (Phi) is 2.30. The Morgan fingerprint density at radius 2 is 2.23 bits per heavy atom. The molecule has 2 rings (SSSR count). The molecule has 1 aromatic heterocycles. The molecule has 68 valence electrons. The molecule has 0 aliphatic heterocycles. The minimum Gasteiger partial charge on any atom is -0.397 e. The topological polar surface area (TPSA) is 26.0 Å². The van der Waals surface area contributed by atoms with Gasteiger partial charge >= 0.3 is 0 Å². The summed E-state index contributed by atoms with van der Waals surface area (Å²) in [6.45, 7) is 2.07. The van der Waals surface area contributed by atoms with Crippen molar-refractivity contribution in [2.75, 3.05) is 5.73 Å². The van der Waals surface area contributed by atoms with Gasteiger partial charge in [0, 0.05) is 20.3 Å². The van der Waals surface area contributed by atoms with E-state index >= 15 is 0 Å². The van der Waals surface area contributed by atoms with Gasteiger partial charge in [-0.2, -0.15) is 0 Å². The SMILES string of the molecule is Cc1sc2cccc(CBr)c2c1N. The fourth-order valence-corrected chi connectivity index (χ4v) is 2.97. The first-order valence-corrected chi connectivity index (χ1v) is 6.00. The van der Waals surface area contributed by atoms with E-state index in [0.717, 1.165) is 11.0 Å². The number of fused-ring (bicyclic) bond motifs is 1. The fourth-order valence-electron chi connectivity index (χ4n) is 1.47. The predicted molar refractivity (Wildman–Crippen MR) is 63.6 cm³/mol. The molecule has 13 heavy (non-hydrogen) atoms. The van der Waals surface area contributed by atoms with Crippen LogP contribution in [0.5, 0.6) is 0 Å². The quantitative estimate of drug-likeness (QED) is 0.774. The average molecular weight is 256 g/mol. The van der Waals surface area contributed by atoms with Crippen LogP contribution in [0, 0.1) is 6.92 Å². The number of nitrogen functional groups attached to an aromatic ring is 1. The third-order valence-corrected chi connectivity index (χ3v) is 3.86. The van der Waals surface area contributed by atoms with Crippen molar-refractivity contribution in [2.24, 2.45) is 0 Å². The lowest BCUT2D eigenvalue weighted by atomic mass is 10.1. The molecule has 2 aromatic rings. The van der Waals surface area contributed by atoms with E-state index in [1.165, 1.54) is 20.5 Å². The minimum atomic E-state index is 0.866. The van der Waals surface area contributed by atoms with Crippen LogP contribution in [-0.4, -0.2) is 0 Å². The van der Waals surface area contributed by atoms with Crippen LogP contribution in [-0.2, 0) is 5.33 Å². The summed E-state index contributed by atoms with van der Waals surface area (Å²) in [7, 11) is 0. The maximum absolute atomic E-state index is 6.00. The summed E-state index contributed by atoms with van der Waals surface area (Å²) in [4.78, 5) is 1.21. The predicted octanol–water partition coefficient (Wildman–Crippen LogP) is 3.69. The summed E-state index contributed by atoms with van der Waals surface area (Å²) in [5.74, 6) is 0. The number of hydrogen-bond donors (Lipinski definition) is 1. The number of nitrogens with two attached hydrogens (primary N) is 1. The molecule has 1 aromatic carbocycles. The number of anilines is 1. The third kappa shape index (κ3) is 1.36. The Morgan fingerprint density at radius 3 is 2.92 bits per heavy atom. The van der Waals surface area contributed by atoms with Gasteiger partial charge in [-0.25, -0.2) is 0 Å². The number of rotatable bonds is 1. The van der Waals surface area contributed by atoms with Crippen LogP contribution in [0.2, 0.25) is 0 Å². The molecule has 0 unspecified atom stereocenters. The Hall–Kier alpha value is -0.540. The van der Waals surface area contributed by atoms with Gasteiger partial charge in [0.1, 0.15) is 0 Å². The highest BCUT2D eigenvalue weighted by Crippen LogP contribution is 2.35. The fraction of sp³-hybridized carbons (Fsp3) is 0.200. The number of thiophene rings is 1. The molecule has 0 aliphatic rings. The highest BCUT2D eigenvalue weighted by molar-refractivity contribution is 9.08. The van der Waals surface area contributed by atoms with E-state index in [9.17, 15) is 0 Å². The molecule has 0 saturated heterocycles. The molecule has 3 heteroatoms. The molecule has 0 atom stereocenters. The van der Waals surface area contributed by atoms with Crippen LogP contribution in [0.3, 0.4) is 0 Å². The van der Waals surface area contributed by atoms with E-state index in [4.69, 9.17) is 5.73 Å². The highest BCUT2D eigenvalue weighted by Gasteiger charge is 2.08. The van der Waals surface area contributed by atoms with E-state index in [1.807, 2.05) is 0 Å². The van der Waals surface area contributed by atoms with Crippen molar-refractivity contribution in [3.8, 4) is 0 Å². The number of aryl methyl sites for hydroxylation is 1. The summed E-state index contributed by atoms with van der Waals surface area (Å²) in [6.07, 6.45) is 0. The third-order valence-electron chi connectivity index (χ3n) is 2.17. The molecule has 1 heterocycles. The second kappa shape index (κ2) is 3.31. The van der Waals surface area contributed by atoms with Gasteiger partial charge in [0.25, 0.3) is 0 Å². The minimum absolute atomic E-state index is 0.866. The van der Waals surface area contributed by atoms with Crippen LogP contribution in [0.4, 0.5) is 5.69 Å². The van der Waals surface area contributed by atoms with Crippen LogP contribution in [0.15, 0.2) is 18.2 Å². The molecule has 0 spiro atoms. The second-order valence-corrected chi connectivity index (χ2v) is 4.81. The Balaban J connectivity index is 2.87. The molecule has 0 fully saturated rings. The molecular weight excluding hydrogens is 246 g/mol. The zero-order chi connectivity index (χ0) is 9.42. The van der Waals surface area contributed by atoms with Gasteiger partial charge < -0.3 is 5.73 Å². The van der Waals surface area contributed by atoms with E-state index in [-0.39, 0.29) is 0 Å². The van der Waals surface area contributed by atoms with Crippen molar-refractivity contribution >= 4 is 43.0 Å². The van der Waals surface area contributed by atoms with Gasteiger partial charge in [-0.15, -0.1) is 11.3 Å². The second-order valence-electron chi connectivity index (χ2n) is 3.00. The van der Waals surface area contributed by atoms with Gasteiger partial charge in [-0.3, -0.25) is 0 Å². The lowest BCUT2D eigenvalue weighted by Gasteiger charge is -1.99. The average Bonchev–Trinajstić information content (AvgIpc) is 2.43. The van der Waals surface area contributed by atoms with E-state index in [1.54, 1.807) is 11.3 Å². The van der Waals surface area contributed by atoms with Crippen LogP contribution < -0.4 is 5.73 Å². The first-order chi connectivity index (χ1) is 6.24. The van der Waals surface area contributed by atoms with Crippen molar-refractivity contribution in [2.45, 2.75) is 12.3 Å². The summed E-state index contributed by atoms with van der Waals surface area (Å²) in [6, 6.07) is 6.31. The van der Waals surface area contributed by atoms with E-state index < -0.39 is 0 Å². The summed E-state index contributed by atoms with van der Waals surface area (Å²) >= 11 is 5.23. The van der Waals surface area contributed by atoms with Crippen molar-refractivity contribution in [1.29, 1.82) is 0 Å². The largest absolute Gasteiger partial charge is 0.397 e. The maximum atomic E-state index is 6.00. The molecule has 0 aliphatic carbocycles. The van der Waals surface area contributed by atoms with Crippen molar-refractivity contribution < 1.29 is 0 Å². The van der Waals surface area contributed by atoms with Gasteiger partial charge in [0.2, 0.25) is 0 Å². The van der Waals surface area contributed by atoms with Gasteiger partial charge in [0.05, 0.1) is 5.69 Å². The zero-order valence-corrected chi connectivity index (χ0v) is 9.71. The van der Waals surface area contributed by atoms with Gasteiger partial charge in [-0.1, -0.05) is 28.1 Å². The van der Waals surface area contributed by atoms with E-state index in [2.05, 4.69) is 41.1 Å². The molecule has 1 nitrogen and oxygen atoms in total. The number of halogens is 1. The first-order valence-electron chi connectivity index (χ1n) is 4.06. The molecular formula is C10H10BrNS. The first kappa shape index (κ1) is 9.03. The molecule has 0 radical (unpaired) electrons. The normalized spacial score (nSPS) is 10.9. The Labute approximate surface area is 89.7 Å².